The van der Waals surface area contributed by atoms with E-state index in [1.54, 1.807) is 6.20 Å². The normalized spacial score (nSPS) is 10.5. The van der Waals surface area contributed by atoms with Crippen LogP contribution >= 0.6 is 0 Å². The minimum Gasteiger partial charge on any atom is -0.159 e. The molecular formula is C14H16N2. The van der Waals surface area contributed by atoms with Crippen LogP contribution in [-0.2, 0) is 0 Å². The van der Waals surface area contributed by atoms with Gasteiger partial charge in [-0.2, -0.15) is 10.2 Å². The number of nitrogens with zero attached hydrogens (tertiary/aromatic N) is 2. The van der Waals surface area contributed by atoms with Gasteiger partial charge in [-0.3, -0.25) is 0 Å². The minimum atomic E-state index is 0.950. The highest BCUT2D eigenvalue weighted by molar-refractivity contribution is 5.67. The second-order valence-electron chi connectivity index (χ2n) is 4.22. The lowest BCUT2D eigenvalue weighted by molar-refractivity contribution is 1.03. The smallest absolute Gasteiger partial charge is 0.0932 e. The summed E-state index contributed by atoms with van der Waals surface area (Å²) in [5.74, 6) is 0. The van der Waals surface area contributed by atoms with Crippen LogP contribution in [0.2, 0.25) is 0 Å². The number of aryl methyl sites for hydroxylation is 1. The van der Waals surface area contributed by atoms with Gasteiger partial charge < -0.3 is 0 Å². The van der Waals surface area contributed by atoms with Crippen LogP contribution in [-0.4, -0.2) is 10.2 Å². The summed E-state index contributed by atoms with van der Waals surface area (Å²) in [6.07, 6.45) is 1.70. The van der Waals surface area contributed by atoms with E-state index in [0.717, 1.165) is 5.69 Å². The molecule has 1 aromatic heterocycles. The summed E-state index contributed by atoms with van der Waals surface area (Å²) in [4.78, 5) is 0. The molecule has 2 rings (SSSR count). The van der Waals surface area contributed by atoms with E-state index in [1.807, 2.05) is 12.1 Å². The molecule has 0 amide bonds. The fraction of sp³-hybridized carbons (Fsp3) is 0.286. The van der Waals surface area contributed by atoms with Crippen molar-refractivity contribution in [3.05, 3.63) is 46.6 Å². The molecule has 2 aromatic rings. The topological polar surface area (TPSA) is 25.8 Å². The van der Waals surface area contributed by atoms with E-state index >= 15 is 0 Å². The van der Waals surface area contributed by atoms with Gasteiger partial charge in [0.05, 0.1) is 5.69 Å². The Bertz CT molecular complexity index is 516. The Morgan fingerprint density at radius 3 is 2.31 bits per heavy atom. The number of hydrogen-bond donors (Lipinski definition) is 0. The van der Waals surface area contributed by atoms with Crippen molar-refractivity contribution in [3.63, 3.8) is 0 Å². The van der Waals surface area contributed by atoms with Crippen molar-refractivity contribution in [2.45, 2.75) is 27.7 Å². The largest absolute Gasteiger partial charge is 0.159 e. The summed E-state index contributed by atoms with van der Waals surface area (Å²) in [6.45, 7) is 8.61. The Balaban J connectivity index is 2.68. The molecule has 1 aromatic carbocycles. The summed E-state index contributed by atoms with van der Waals surface area (Å²) >= 11 is 0. The van der Waals surface area contributed by atoms with Gasteiger partial charge in [-0.1, -0.05) is 0 Å². The molecule has 2 heteroatoms. The fourth-order valence-corrected chi connectivity index (χ4v) is 1.92. The van der Waals surface area contributed by atoms with E-state index in [-0.39, 0.29) is 0 Å². The van der Waals surface area contributed by atoms with Gasteiger partial charge in [0.2, 0.25) is 0 Å². The molecule has 0 spiro atoms. The average Bonchev–Trinajstić information content (AvgIpc) is 2.32. The standard InChI is InChI=1S/C14H16N2/c1-9-8-13(12(4)11(3)10(9)2)14-6-5-7-15-16-14/h5-8H,1-4H3. The Labute approximate surface area is 96.4 Å². The molecule has 0 aliphatic rings. The first kappa shape index (κ1) is 10.8. The Morgan fingerprint density at radius 2 is 1.69 bits per heavy atom. The molecule has 0 fully saturated rings. The highest BCUT2D eigenvalue weighted by Crippen LogP contribution is 2.27. The van der Waals surface area contributed by atoms with Gasteiger partial charge >= 0.3 is 0 Å². The molecule has 0 saturated heterocycles. The van der Waals surface area contributed by atoms with Crippen molar-refractivity contribution in [2.24, 2.45) is 0 Å². The van der Waals surface area contributed by atoms with Crippen molar-refractivity contribution in [3.8, 4) is 11.3 Å². The van der Waals surface area contributed by atoms with Crippen LogP contribution in [0, 0.1) is 27.7 Å². The van der Waals surface area contributed by atoms with E-state index in [4.69, 9.17) is 0 Å². The minimum absolute atomic E-state index is 0.950. The van der Waals surface area contributed by atoms with E-state index in [9.17, 15) is 0 Å². The van der Waals surface area contributed by atoms with Crippen molar-refractivity contribution in [1.29, 1.82) is 0 Å². The molecule has 0 N–H and O–H groups in total. The molecule has 2 nitrogen and oxygen atoms in total. The molecule has 1 heterocycles. The van der Waals surface area contributed by atoms with E-state index in [0.29, 0.717) is 0 Å². The third-order valence-corrected chi connectivity index (χ3v) is 3.33. The van der Waals surface area contributed by atoms with Crippen LogP contribution in [0.5, 0.6) is 0 Å². The molecule has 0 aliphatic carbocycles. The average molecular weight is 212 g/mol. The molecule has 0 bridgehead atoms. The van der Waals surface area contributed by atoms with Crippen LogP contribution in [0.4, 0.5) is 0 Å². The molecule has 0 aliphatic heterocycles. The van der Waals surface area contributed by atoms with Crippen molar-refractivity contribution < 1.29 is 0 Å². The van der Waals surface area contributed by atoms with Crippen LogP contribution in [0.3, 0.4) is 0 Å². The lowest BCUT2D eigenvalue weighted by Gasteiger charge is -2.13. The number of aromatic nitrogens is 2. The number of benzene rings is 1. The van der Waals surface area contributed by atoms with Gasteiger partial charge in [-0.05, 0) is 68.1 Å². The lowest BCUT2D eigenvalue weighted by atomic mass is 9.93. The van der Waals surface area contributed by atoms with Gasteiger partial charge in [-0.15, -0.1) is 0 Å². The number of rotatable bonds is 1. The first-order valence-corrected chi connectivity index (χ1v) is 5.46. The monoisotopic (exact) mass is 212 g/mol. The maximum atomic E-state index is 4.17. The second kappa shape index (κ2) is 4.05. The third kappa shape index (κ3) is 1.71. The van der Waals surface area contributed by atoms with Gasteiger partial charge in [0.15, 0.2) is 0 Å². The quantitative estimate of drug-likeness (QED) is 0.724. The molecule has 82 valence electrons. The summed E-state index contributed by atoms with van der Waals surface area (Å²) in [5, 5.41) is 8.11. The Hall–Kier alpha value is -1.70. The van der Waals surface area contributed by atoms with Crippen LogP contribution in [0.25, 0.3) is 11.3 Å². The van der Waals surface area contributed by atoms with E-state index in [2.05, 4.69) is 44.0 Å². The summed E-state index contributed by atoms with van der Waals surface area (Å²) < 4.78 is 0. The first-order valence-electron chi connectivity index (χ1n) is 5.46. The van der Waals surface area contributed by atoms with Gasteiger partial charge in [0.1, 0.15) is 0 Å². The predicted octanol–water partition coefficient (Wildman–Crippen LogP) is 3.38. The van der Waals surface area contributed by atoms with E-state index in [1.165, 1.54) is 27.8 Å². The summed E-state index contributed by atoms with van der Waals surface area (Å²) in [6, 6.07) is 6.12. The molecule has 0 atom stereocenters. The Kier molecular flexibility index (Phi) is 2.73. The SMILES string of the molecule is Cc1cc(-c2cccnn2)c(C)c(C)c1C. The van der Waals surface area contributed by atoms with Gasteiger partial charge in [0.25, 0.3) is 0 Å². The van der Waals surface area contributed by atoms with Gasteiger partial charge in [0, 0.05) is 11.8 Å². The Morgan fingerprint density at radius 1 is 0.938 bits per heavy atom. The zero-order valence-corrected chi connectivity index (χ0v) is 10.2. The first-order chi connectivity index (χ1) is 7.61. The lowest BCUT2D eigenvalue weighted by Crippen LogP contribution is -1.96. The van der Waals surface area contributed by atoms with Crippen molar-refractivity contribution >= 4 is 0 Å². The van der Waals surface area contributed by atoms with Crippen molar-refractivity contribution in [1.82, 2.24) is 10.2 Å². The highest BCUT2D eigenvalue weighted by atomic mass is 15.1. The van der Waals surface area contributed by atoms with Gasteiger partial charge in [-0.25, -0.2) is 0 Å². The maximum Gasteiger partial charge on any atom is 0.0932 e. The van der Waals surface area contributed by atoms with Crippen LogP contribution < -0.4 is 0 Å². The zero-order chi connectivity index (χ0) is 11.7. The number of hydrogen-bond acceptors (Lipinski definition) is 2. The van der Waals surface area contributed by atoms with Crippen LogP contribution in [0.15, 0.2) is 24.4 Å². The molecule has 0 unspecified atom stereocenters. The maximum absolute atomic E-state index is 4.17. The predicted molar refractivity (Wildman–Crippen MR) is 66.4 cm³/mol. The highest BCUT2D eigenvalue weighted by Gasteiger charge is 2.09. The molecular weight excluding hydrogens is 196 g/mol. The fourth-order valence-electron chi connectivity index (χ4n) is 1.92. The molecule has 0 radical (unpaired) electrons. The third-order valence-electron chi connectivity index (χ3n) is 3.33. The molecule has 0 saturated carbocycles. The summed E-state index contributed by atoms with van der Waals surface area (Å²) in [5.41, 5.74) is 7.46. The zero-order valence-electron chi connectivity index (χ0n) is 10.2. The van der Waals surface area contributed by atoms with Crippen molar-refractivity contribution in [2.75, 3.05) is 0 Å². The second-order valence-corrected chi connectivity index (χ2v) is 4.22. The molecule has 16 heavy (non-hydrogen) atoms. The van der Waals surface area contributed by atoms with E-state index < -0.39 is 0 Å². The summed E-state index contributed by atoms with van der Waals surface area (Å²) in [7, 11) is 0. The van der Waals surface area contributed by atoms with Crippen LogP contribution in [0.1, 0.15) is 22.3 Å².